The first-order chi connectivity index (χ1) is 9.45. The lowest BCUT2D eigenvalue weighted by Crippen LogP contribution is -2.51. The maximum Gasteiger partial charge on any atom is 0.328 e. The first-order valence-corrected chi connectivity index (χ1v) is 5.82. The number of carbonyl (C=O) groups is 3. The minimum atomic E-state index is -1.22. The van der Waals surface area contributed by atoms with Crippen LogP contribution in [0.3, 0.4) is 0 Å². The van der Waals surface area contributed by atoms with Crippen molar-refractivity contribution in [1.82, 2.24) is 10.6 Å². The van der Waals surface area contributed by atoms with Gasteiger partial charge in [-0.3, -0.25) is 9.59 Å². The van der Waals surface area contributed by atoms with E-state index in [-0.39, 0.29) is 12.4 Å². The summed E-state index contributed by atoms with van der Waals surface area (Å²) in [5.41, 5.74) is 0. The van der Waals surface area contributed by atoms with Crippen LogP contribution in [0.15, 0.2) is 22.8 Å². The monoisotopic (exact) mass is 284 g/mol. The lowest BCUT2D eigenvalue weighted by atomic mass is 10.2. The standard InChI is InChI=1S/C12H16N2O6/c1-7(13-11(16)9-4-3-5-20-9)10(15)14-8(6-19-2)12(17)18/h3-5,7-8H,6H2,1-2H3,(H,13,16)(H,14,15)(H,17,18). The molecule has 1 rings (SSSR count). The van der Waals surface area contributed by atoms with E-state index in [0.717, 1.165) is 0 Å². The molecule has 0 aromatic carbocycles. The molecule has 0 aliphatic rings. The summed E-state index contributed by atoms with van der Waals surface area (Å²) < 4.78 is 9.56. The van der Waals surface area contributed by atoms with Gasteiger partial charge in [0.15, 0.2) is 11.8 Å². The van der Waals surface area contributed by atoms with Gasteiger partial charge in [0.05, 0.1) is 12.9 Å². The Morgan fingerprint density at radius 1 is 1.40 bits per heavy atom. The molecule has 0 spiro atoms. The fraction of sp³-hybridized carbons (Fsp3) is 0.417. The van der Waals surface area contributed by atoms with E-state index in [1.807, 2.05) is 0 Å². The Bertz CT molecular complexity index is 470. The average Bonchev–Trinajstić information content (AvgIpc) is 2.91. The molecule has 1 aromatic heterocycles. The van der Waals surface area contributed by atoms with Gasteiger partial charge in [-0.25, -0.2) is 4.79 Å². The zero-order chi connectivity index (χ0) is 15.1. The molecular weight excluding hydrogens is 268 g/mol. The normalized spacial score (nSPS) is 13.3. The quantitative estimate of drug-likeness (QED) is 0.628. The van der Waals surface area contributed by atoms with Gasteiger partial charge < -0.3 is 24.9 Å². The van der Waals surface area contributed by atoms with Crippen molar-refractivity contribution in [3.63, 3.8) is 0 Å². The summed E-state index contributed by atoms with van der Waals surface area (Å²) in [6, 6.07) is 0.908. The van der Waals surface area contributed by atoms with Gasteiger partial charge in [-0.05, 0) is 19.1 Å². The van der Waals surface area contributed by atoms with Crippen molar-refractivity contribution < 1.29 is 28.6 Å². The van der Waals surface area contributed by atoms with E-state index >= 15 is 0 Å². The van der Waals surface area contributed by atoms with Gasteiger partial charge in [-0.2, -0.15) is 0 Å². The number of aliphatic carboxylic acids is 1. The summed E-state index contributed by atoms with van der Waals surface area (Å²) >= 11 is 0. The van der Waals surface area contributed by atoms with Crippen LogP contribution in [0.1, 0.15) is 17.5 Å². The maximum absolute atomic E-state index is 11.8. The second-order valence-electron chi connectivity index (χ2n) is 4.03. The van der Waals surface area contributed by atoms with Crippen molar-refractivity contribution in [3.05, 3.63) is 24.2 Å². The highest BCUT2D eigenvalue weighted by atomic mass is 16.5. The first-order valence-electron chi connectivity index (χ1n) is 5.82. The third-order valence-electron chi connectivity index (χ3n) is 2.43. The third kappa shape index (κ3) is 4.39. The van der Waals surface area contributed by atoms with Crippen molar-refractivity contribution in [2.24, 2.45) is 0 Å². The molecule has 1 heterocycles. The predicted octanol–water partition coefficient (Wildman–Crippen LogP) is -0.386. The summed E-state index contributed by atoms with van der Waals surface area (Å²) in [6.07, 6.45) is 1.33. The van der Waals surface area contributed by atoms with Crippen molar-refractivity contribution >= 4 is 17.8 Å². The molecule has 0 radical (unpaired) electrons. The van der Waals surface area contributed by atoms with Crippen molar-refractivity contribution in [1.29, 1.82) is 0 Å². The number of methoxy groups -OCH3 is 1. The lowest BCUT2D eigenvalue weighted by Gasteiger charge is -2.17. The summed E-state index contributed by atoms with van der Waals surface area (Å²) in [7, 11) is 1.32. The van der Waals surface area contributed by atoms with E-state index in [1.54, 1.807) is 6.07 Å². The molecule has 0 aliphatic carbocycles. The number of hydrogen-bond donors (Lipinski definition) is 3. The fourth-order valence-electron chi connectivity index (χ4n) is 1.38. The van der Waals surface area contributed by atoms with Gasteiger partial charge in [-0.1, -0.05) is 0 Å². The predicted molar refractivity (Wildman–Crippen MR) is 67.1 cm³/mol. The Kier molecular flexibility index (Phi) is 5.73. The second kappa shape index (κ2) is 7.29. The molecule has 8 nitrogen and oxygen atoms in total. The molecule has 0 saturated heterocycles. The number of furan rings is 1. The third-order valence-corrected chi connectivity index (χ3v) is 2.43. The van der Waals surface area contributed by atoms with Crippen LogP contribution in [-0.2, 0) is 14.3 Å². The first kappa shape index (κ1) is 15.7. The van der Waals surface area contributed by atoms with Gasteiger partial charge in [0, 0.05) is 7.11 Å². The fourth-order valence-corrected chi connectivity index (χ4v) is 1.38. The molecule has 20 heavy (non-hydrogen) atoms. The number of amides is 2. The molecule has 0 bridgehead atoms. The lowest BCUT2D eigenvalue weighted by molar-refractivity contribution is -0.143. The Balaban J connectivity index is 2.54. The van der Waals surface area contributed by atoms with Crippen molar-refractivity contribution in [3.8, 4) is 0 Å². The van der Waals surface area contributed by atoms with Crippen LogP contribution >= 0.6 is 0 Å². The Morgan fingerprint density at radius 3 is 2.60 bits per heavy atom. The minimum absolute atomic E-state index is 0.0660. The zero-order valence-electron chi connectivity index (χ0n) is 11.1. The molecule has 3 N–H and O–H groups in total. The van der Waals surface area contributed by atoms with Crippen LogP contribution < -0.4 is 10.6 Å². The molecule has 0 aliphatic heterocycles. The van der Waals surface area contributed by atoms with Gasteiger partial charge in [0.25, 0.3) is 5.91 Å². The van der Waals surface area contributed by atoms with E-state index in [2.05, 4.69) is 15.4 Å². The van der Waals surface area contributed by atoms with Crippen LogP contribution in [0, 0.1) is 0 Å². The number of carboxylic acid groups (broad SMARTS) is 1. The number of rotatable bonds is 7. The van der Waals surface area contributed by atoms with E-state index in [9.17, 15) is 14.4 Å². The average molecular weight is 284 g/mol. The van der Waals surface area contributed by atoms with Crippen molar-refractivity contribution in [2.75, 3.05) is 13.7 Å². The number of ether oxygens (including phenoxy) is 1. The molecule has 110 valence electrons. The maximum atomic E-state index is 11.8. The van der Waals surface area contributed by atoms with E-state index < -0.39 is 29.9 Å². The summed E-state index contributed by atoms with van der Waals surface area (Å²) in [5.74, 6) is -2.34. The van der Waals surface area contributed by atoms with Crippen LogP contribution in [0.4, 0.5) is 0 Å². The number of carboxylic acids is 1. The van der Waals surface area contributed by atoms with Crippen molar-refractivity contribution in [2.45, 2.75) is 19.0 Å². The molecular formula is C12H16N2O6. The highest BCUT2D eigenvalue weighted by Crippen LogP contribution is 2.00. The molecule has 2 atom stereocenters. The molecule has 0 fully saturated rings. The zero-order valence-corrected chi connectivity index (χ0v) is 11.1. The summed E-state index contributed by atoms with van der Waals surface area (Å²) in [5, 5.41) is 13.5. The number of hydrogen-bond acceptors (Lipinski definition) is 5. The molecule has 0 saturated carbocycles. The Hall–Kier alpha value is -2.35. The topological polar surface area (TPSA) is 118 Å². The van der Waals surface area contributed by atoms with Gasteiger partial charge in [0.1, 0.15) is 6.04 Å². The minimum Gasteiger partial charge on any atom is -0.480 e. The second-order valence-corrected chi connectivity index (χ2v) is 4.03. The Morgan fingerprint density at radius 2 is 2.10 bits per heavy atom. The largest absolute Gasteiger partial charge is 0.480 e. The van der Waals surface area contributed by atoms with E-state index in [1.165, 1.54) is 26.4 Å². The highest BCUT2D eigenvalue weighted by Gasteiger charge is 2.24. The van der Waals surface area contributed by atoms with Crippen LogP contribution in [0.2, 0.25) is 0 Å². The number of carbonyl (C=O) groups excluding carboxylic acids is 2. The summed E-state index contributed by atoms with van der Waals surface area (Å²) in [6.45, 7) is 1.27. The van der Waals surface area contributed by atoms with Crippen LogP contribution in [0.5, 0.6) is 0 Å². The van der Waals surface area contributed by atoms with Crippen LogP contribution in [-0.4, -0.2) is 48.7 Å². The van der Waals surface area contributed by atoms with Crippen LogP contribution in [0.25, 0.3) is 0 Å². The van der Waals surface area contributed by atoms with Gasteiger partial charge in [-0.15, -0.1) is 0 Å². The van der Waals surface area contributed by atoms with Gasteiger partial charge in [0.2, 0.25) is 5.91 Å². The SMILES string of the molecule is COCC(NC(=O)C(C)NC(=O)c1ccco1)C(=O)O. The number of nitrogens with one attached hydrogen (secondary N) is 2. The smallest absolute Gasteiger partial charge is 0.328 e. The summed E-state index contributed by atoms with van der Waals surface area (Å²) in [4.78, 5) is 34.3. The Labute approximate surface area is 115 Å². The molecule has 1 aromatic rings. The molecule has 2 unspecified atom stereocenters. The van der Waals surface area contributed by atoms with E-state index in [0.29, 0.717) is 0 Å². The highest BCUT2D eigenvalue weighted by molar-refractivity contribution is 5.96. The van der Waals surface area contributed by atoms with E-state index in [4.69, 9.17) is 9.52 Å². The molecule has 8 heteroatoms. The molecule has 2 amide bonds. The van der Waals surface area contributed by atoms with Gasteiger partial charge >= 0.3 is 5.97 Å².